The van der Waals surface area contributed by atoms with Crippen molar-refractivity contribution in [1.29, 1.82) is 0 Å². The van der Waals surface area contributed by atoms with Crippen LogP contribution in [0.15, 0.2) is 23.4 Å². The number of aromatic nitrogens is 1. The van der Waals surface area contributed by atoms with Gasteiger partial charge >= 0.3 is 0 Å². The van der Waals surface area contributed by atoms with Crippen LogP contribution in [-0.4, -0.2) is 28.7 Å². The molecular weight excluding hydrogens is 270 g/mol. The Morgan fingerprint density at radius 3 is 2.89 bits per heavy atom. The molecule has 1 aromatic rings. The molecule has 6 heteroatoms. The van der Waals surface area contributed by atoms with E-state index in [1.54, 1.807) is 32.3 Å². The molecule has 2 unspecified atom stereocenters. The van der Waals surface area contributed by atoms with Gasteiger partial charge in [0.25, 0.3) is 0 Å². The molecule has 18 heavy (non-hydrogen) atoms. The van der Waals surface area contributed by atoms with Crippen LogP contribution < -0.4 is 11.1 Å². The molecule has 0 saturated carbocycles. The smallest absolute Gasteiger partial charge is 0.237 e. The molecule has 0 saturated heterocycles. The fraction of sp³-hybridized carbons (Fsp3) is 0.500. The first-order valence-corrected chi connectivity index (χ1v) is 6.91. The van der Waals surface area contributed by atoms with Crippen LogP contribution in [0.4, 0.5) is 0 Å². The second kappa shape index (κ2) is 6.41. The van der Waals surface area contributed by atoms with Crippen molar-refractivity contribution < 1.29 is 4.79 Å². The number of halogens is 1. The van der Waals surface area contributed by atoms with Crippen molar-refractivity contribution in [2.24, 2.45) is 5.73 Å². The number of primary amides is 1. The van der Waals surface area contributed by atoms with Gasteiger partial charge in [-0.2, -0.15) is 0 Å². The van der Waals surface area contributed by atoms with Gasteiger partial charge in [0.15, 0.2) is 0 Å². The molecular formula is C12H18ClN3OS. The Bertz CT molecular complexity index is 430. The number of hydrogen-bond acceptors (Lipinski definition) is 4. The van der Waals surface area contributed by atoms with Crippen molar-refractivity contribution in [3.8, 4) is 0 Å². The van der Waals surface area contributed by atoms with Crippen LogP contribution in [0.5, 0.6) is 0 Å². The van der Waals surface area contributed by atoms with E-state index in [2.05, 4.69) is 10.3 Å². The zero-order valence-electron chi connectivity index (χ0n) is 10.7. The predicted octanol–water partition coefficient (Wildman–Crippen LogP) is 2.07. The minimum Gasteiger partial charge on any atom is -0.368 e. The van der Waals surface area contributed by atoms with Crippen LogP contribution in [-0.2, 0) is 4.79 Å². The third-order valence-electron chi connectivity index (χ3n) is 2.83. The molecule has 100 valence electrons. The number of nitrogens with two attached hydrogens (primary N) is 1. The molecule has 0 fully saturated rings. The van der Waals surface area contributed by atoms with Crippen LogP contribution in [0.25, 0.3) is 0 Å². The third kappa shape index (κ3) is 3.86. The van der Waals surface area contributed by atoms with E-state index in [1.807, 2.05) is 6.92 Å². The summed E-state index contributed by atoms with van der Waals surface area (Å²) < 4.78 is 0. The van der Waals surface area contributed by atoms with E-state index >= 15 is 0 Å². The maximum absolute atomic E-state index is 11.4. The monoisotopic (exact) mass is 287 g/mol. The van der Waals surface area contributed by atoms with Crippen molar-refractivity contribution >= 4 is 29.3 Å². The van der Waals surface area contributed by atoms with E-state index in [1.165, 1.54) is 11.8 Å². The summed E-state index contributed by atoms with van der Waals surface area (Å²) in [7, 11) is 1.73. The number of amides is 1. The van der Waals surface area contributed by atoms with Crippen molar-refractivity contribution in [2.75, 3.05) is 7.05 Å². The number of pyridine rings is 1. The van der Waals surface area contributed by atoms with E-state index in [9.17, 15) is 4.79 Å². The number of likely N-dealkylation sites (N-methyl/N-ethyl adjacent to an activating group) is 1. The van der Waals surface area contributed by atoms with E-state index in [-0.39, 0.29) is 11.2 Å². The molecule has 4 nitrogen and oxygen atoms in total. The maximum atomic E-state index is 11.4. The molecule has 0 bridgehead atoms. The molecule has 0 aromatic carbocycles. The number of carbonyl (C=O) groups excluding carboxylic acids is 1. The third-order valence-corrected chi connectivity index (χ3v) is 4.36. The first-order valence-electron chi connectivity index (χ1n) is 5.65. The number of nitrogens with zero attached hydrogens (tertiary/aromatic N) is 1. The summed E-state index contributed by atoms with van der Waals surface area (Å²) in [6.07, 6.45) is 2.31. The highest BCUT2D eigenvalue weighted by atomic mass is 35.5. The van der Waals surface area contributed by atoms with Gasteiger partial charge < -0.3 is 11.1 Å². The average molecular weight is 288 g/mol. The molecule has 0 aliphatic rings. The van der Waals surface area contributed by atoms with Gasteiger partial charge in [-0.25, -0.2) is 4.98 Å². The van der Waals surface area contributed by atoms with Crippen LogP contribution in [0.3, 0.4) is 0 Å². The summed E-state index contributed by atoms with van der Waals surface area (Å²) in [6.45, 7) is 3.82. The molecule has 2 atom stereocenters. The Balaban J connectivity index is 2.70. The summed E-state index contributed by atoms with van der Waals surface area (Å²) in [5.74, 6) is -0.357. The van der Waals surface area contributed by atoms with Gasteiger partial charge in [0.05, 0.1) is 10.6 Å². The summed E-state index contributed by atoms with van der Waals surface area (Å²) in [5, 5.41) is 4.53. The van der Waals surface area contributed by atoms with Gasteiger partial charge in [-0.3, -0.25) is 4.79 Å². The van der Waals surface area contributed by atoms with E-state index < -0.39 is 5.54 Å². The Hall–Kier alpha value is -0.780. The van der Waals surface area contributed by atoms with Gasteiger partial charge in [0, 0.05) is 11.4 Å². The SMILES string of the molecule is CNC(C)(CC(C)Sc1ncccc1Cl)C(N)=O. The Morgan fingerprint density at radius 1 is 1.72 bits per heavy atom. The highest BCUT2D eigenvalue weighted by Gasteiger charge is 2.31. The lowest BCUT2D eigenvalue weighted by atomic mass is 9.95. The fourth-order valence-corrected chi connectivity index (χ4v) is 2.95. The van der Waals surface area contributed by atoms with Gasteiger partial charge in [0.2, 0.25) is 5.91 Å². The Morgan fingerprint density at radius 2 is 2.39 bits per heavy atom. The topological polar surface area (TPSA) is 68.0 Å². The van der Waals surface area contributed by atoms with Gasteiger partial charge in [-0.05, 0) is 32.5 Å². The number of thioether (sulfide) groups is 1. The van der Waals surface area contributed by atoms with E-state index in [0.717, 1.165) is 5.03 Å². The van der Waals surface area contributed by atoms with Crippen molar-refractivity contribution in [3.63, 3.8) is 0 Å². The number of nitrogens with one attached hydrogen (secondary N) is 1. The second-order valence-electron chi connectivity index (χ2n) is 4.37. The largest absolute Gasteiger partial charge is 0.368 e. The molecule has 1 rings (SSSR count). The standard InChI is InChI=1S/C12H18ClN3OS/c1-8(7-12(2,15-3)11(14)17)18-10-9(13)5-4-6-16-10/h4-6,8,15H,7H2,1-3H3,(H2,14,17). The minimum atomic E-state index is -0.715. The summed E-state index contributed by atoms with van der Waals surface area (Å²) >= 11 is 7.58. The number of hydrogen-bond donors (Lipinski definition) is 2. The molecule has 0 radical (unpaired) electrons. The minimum absolute atomic E-state index is 0.169. The summed E-state index contributed by atoms with van der Waals surface area (Å²) in [4.78, 5) is 15.6. The lowest BCUT2D eigenvalue weighted by Gasteiger charge is -2.28. The lowest BCUT2D eigenvalue weighted by Crippen LogP contribution is -2.52. The highest BCUT2D eigenvalue weighted by Crippen LogP contribution is 2.31. The van der Waals surface area contributed by atoms with Crippen molar-refractivity contribution in [2.45, 2.75) is 36.1 Å². The van der Waals surface area contributed by atoms with Crippen LogP contribution in [0.1, 0.15) is 20.3 Å². The molecule has 0 spiro atoms. The van der Waals surface area contributed by atoms with Gasteiger partial charge in [0.1, 0.15) is 5.03 Å². The first kappa shape index (κ1) is 15.3. The zero-order chi connectivity index (χ0) is 13.8. The predicted molar refractivity (Wildman–Crippen MR) is 75.8 cm³/mol. The van der Waals surface area contributed by atoms with Crippen LogP contribution in [0, 0.1) is 0 Å². The summed E-state index contributed by atoms with van der Waals surface area (Å²) in [5.41, 5.74) is 4.69. The molecule has 1 aromatic heterocycles. The highest BCUT2D eigenvalue weighted by molar-refractivity contribution is 7.99. The Kier molecular flexibility index (Phi) is 5.44. The normalized spacial score (nSPS) is 16.0. The van der Waals surface area contributed by atoms with Crippen LogP contribution in [0.2, 0.25) is 5.02 Å². The van der Waals surface area contributed by atoms with Crippen molar-refractivity contribution in [1.82, 2.24) is 10.3 Å². The quantitative estimate of drug-likeness (QED) is 0.786. The Labute approximate surface area is 117 Å². The van der Waals surface area contributed by atoms with Gasteiger partial charge in [-0.1, -0.05) is 18.5 Å². The maximum Gasteiger partial charge on any atom is 0.237 e. The number of carbonyl (C=O) groups is 1. The molecule has 0 aliphatic heterocycles. The zero-order valence-corrected chi connectivity index (χ0v) is 12.3. The first-order chi connectivity index (χ1) is 8.39. The summed E-state index contributed by atoms with van der Waals surface area (Å²) in [6, 6.07) is 3.59. The van der Waals surface area contributed by atoms with Gasteiger partial charge in [-0.15, -0.1) is 11.8 Å². The molecule has 1 heterocycles. The molecule has 1 amide bonds. The number of rotatable bonds is 6. The fourth-order valence-electron chi connectivity index (χ4n) is 1.59. The van der Waals surface area contributed by atoms with E-state index in [0.29, 0.717) is 11.4 Å². The average Bonchev–Trinajstić information content (AvgIpc) is 2.31. The van der Waals surface area contributed by atoms with Crippen LogP contribution >= 0.6 is 23.4 Å². The van der Waals surface area contributed by atoms with E-state index in [4.69, 9.17) is 17.3 Å². The molecule has 3 N–H and O–H groups in total. The van der Waals surface area contributed by atoms with Crippen molar-refractivity contribution in [3.05, 3.63) is 23.4 Å². The second-order valence-corrected chi connectivity index (χ2v) is 6.20. The lowest BCUT2D eigenvalue weighted by molar-refractivity contribution is -0.123. The molecule has 0 aliphatic carbocycles.